The molecule has 0 aromatic heterocycles. The van der Waals surface area contributed by atoms with E-state index in [1.807, 2.05) is 6.07 Å². The molecule has 0 radical (unpaired) electrons. The third kappa shape index (κ3) is 2.63. The molecule has 0 spiro atoms. The van der Waals surface area contributed by atoms with Crippen molar-refractivity contribution in [2.45, 2.75) is 19.4 Å². The zero-order valence-electron chi connectivity index (χ0n) is 9.10. The first-order valence-electron chi connectivity index (χ1n) is 5.47. The lowest BCUT2D eigenvalue weighted by molar-refractivity contribution is -0.131. The van der Waals surface area contributed by atoms with Gasteiger partial charge in [0.2, 0.25) is 0 Å². The van der Waals surface area contributed by atoms with Crippen molar-refractivity contribution >= 4 is 5.97 Å². The van der Waals surface area contributed by atoms with Crippen LogP contribution in [0.3, 0.4) is 0 Å². The maximum Gasteiger partial charge on any atom is 0.329 e. The molecule has 84 valence electrons. The summed E-state index contributed by atoms with van der Waals surface area (Å²) >= 11 is 0. The Kier molecular flexibility index (Phi) is 3.25. The van der Waals surface area contributed by atoms with Crippen molar-refractivity contribution < 1.29 is 9.90 Å². The van der Waals surface area contributed by atoms with Gasteiger partial charge >= 0.3 is 5.97 Å². The molecule has 16 heavy (non-hydrogen) atoms. The molecule has 1 aliphatic heterocycles. The smallest absolute Gasteiger partial charge is 0.329 e. The van der Waals surface area contributed by atoms with E-state index < -0.39 is 5.97 Å². The van der Waals surface area contributed by atoms with E-state index in [1.54, 1.807) is 6.20 Å². The second kappa shape index (κ2) is 4.84. The average molecular weight is 217 g/mol. The lowest BCUT2D eigenvalue weighted by Crippen LogP contribution is -2.16. The minimum Gasteiger partial charge on any atom is -0.478 e. The summed E-state index contributed by atoms with van der Waals surface area (Å²) < 4.78 is 0. The highest BCUT2D eigenvalue weighted by Crippen LogP contribution is 2.18. The minimum absolute atomic E-state index is 0.806. The molecule has 0 amide bonds. The second-order valence-electron chi connectivity index (χ2n) is 4.00. The van der Waals surface area contributed by atoms with E-state index in [1.165, 1.54) is 17.2 Å². The van der Waals surface area contributed by atoms with Crippen LogP contribution in [-0.2, 0) is 17.8 Å². The van der Waals surface area contributed by atoms with Crippen molar-refractivity contribution in [2.75, 3.05) is 6.54 Å². The fourth-order valence-corrected chi connectivity index (χ4v) is 2.02. The van der Waals surface area contributed by atoms with Crippen LogP contribution < -0.4 is 0 Å². The van der Waals surface area contributed by atoms with Gasteiger partial charge in [0.1, 0.15) is 0 Å². The highest BCUT2D eigenvalue weighted by Gasteiger charge is 2.10. The zero-order valence-corrected chi connectivity index (χ0v) is 9.10. The second-order valence-corrected chi connectivity index (χ2v) is 4.00. The van der Waals surface area contributed by atoms with E-state index >= 15 is 0 Å². The van der Waals surface area contributed by atoms with E-state index in [2.05, 4.69) is 23.1 Å². The molecule has 3 nitrogen and oxygen atoms in total. The number of aliphatic carboxylic acids is 1. The number of rotatable bonds is 2. The summed E-state index contributed by atoms with van der Waals surface area (Å²) in [6.45, 7) is 1.72. The molecule has 1 aliphatic rings. The number of carboxylic acid groups (broad SMARTS) is 1. The van der Waals surface area contributed by atoms with Crippen LogP contribution in [0, 0.1) is 0 Å². The van der Waals surface area contributed by atoms with Gasteiger partial charge in [0.25, 0.3) is 0 Å². The fourth-order valence-electron chi connectivity index (χ4n) is 2.02. The Bertz CT molecular complexity index is 412. The van der Waals surface area contributed by atoms with Crippen LogP contribution >= 0.6 is 0 Å². The third-order valence-electron chi connectivity index (χ3n) is 2.81. The van der Waals surface area contributed by atoms with Gasteiger partial charge in [-0.1, -0.05) is 24.3 Å². The molecular formula is C13H15NO2. The Morgan fingerprint density at radius 2 is 2.06 bits per heavy atom. The van der Waals surface area contributed by atoms with Gasteiger partial charge in [-0.15, -0.1) is 0 Å². The van der Waals surface area contributed by atoms with Crippen LogP contribution in [0.15, 0.2) is 36.5 Å². The molecule has 0 bridgehead atoms. The molecule has 1 heterocycles. The van der Waals surface area contributed by atoms with E-state index in [4.69, 9.17) is 5.11 Å². The number of benzene rings is 1. The Morgan fingerprint density at radius 1 is 1.31 bits per heavy atom. The van der Waals surface area contributed by atoms with Crippen LogP contribution in [0.25, 0.3) is 0 Å². The molecule has 3 heteroatoms. The van der Waals surface area contributed by atoms with Crippen molar-refractivity contribution in [2.24, 2.45) is 0 Å². The average Bonchev–Trinajstić information content (AvgIpc) is 2.47. The van der Waals surface area contributed by atoms with Gasteiger partial charge in [0.05, 0.1) is 0 Å². The monoisotopic (exact) mass is 217 g/mol. The van der Waals surface area contributed by atoms with Crippen molar-refractivity contribution in [3.8, 4) is 0 Å². The van der Waals surface area contributed by atoms with Crippen LogP contribution in [0.1, 0.15) is 17.5 Å². The number of nitrogens with zero attached hydrogens (tertiary/aromatic N) is 1. The van der Waals surface area contributed by atoms with Crippen LogP contribution in [0.5, 0.6) is 0 Å². The van der Waals surface area contributed by atoms with Gasteiger partial charge in [0, 0.05) is 25.4 Å². The summed E-state index contributed by atoms with van der Waals surface area (Å²) in [4.78, 5) is 12.5. The number of hydrogen-bond donors (Lipinski definition) is 1. The molecule has 0 atom stereocenters. The van der Waals surface area contributed by atoms with E-state index in [0.29, 0.717) is 0 Å². The van der Waals surface area contributed by atoms with Crippen LogP contribution in [0.4, 0.5) is 0 Å². The summed E-state index contributed by atoms with van der Waals surface area (Å²) in [5.41, 5.74) is 2.68. The lowest BCUT2D eigenvalue weighted by Gasteiger charge is -2.17. The number of hydrogen-bond acceptors (Lipinski definition) is 2. The number of aryl methyl sites for hydroxylation is 1. The van der Waals surface area contributed by atoms with E-state index in [0.717, 1.165) is 25.9 Å². The summed E-state index contributed by atoms with van der Waals surface area (Å²) in [5.74, 6) is -0.891. The van der Waals surface area contributed by atoms with E-state index in [-0.39, 0.29) is 0 Å². The van der Waals surface area contributed by atoms with Gasteiger partial charge in [-0.2, -0.15) is 0 Å². The Morgan fingerprint density at radius 3 is 2.81 bits per heavy atom. The number of carboxylic acids is 1. The highest BCUT2D eigenvalue weighted by molar-refractivity contribution is 5.79. The molecule has 0 saturated heterocycles. The predicted octanol–water partition coefficient (Wildman–Crippen LogP) is 2.03. The maximum atomic E-state index is 10.5. The largest absolute Gasteiger partial charge is 0.478 e. The quantitative estimate of drug-likeness (QED) is 0.770. The molecule has 1 N–H and O–H groups in total. The molecular weight excluding hydrogens is 202 g/mol. The SMILES string of the molecule is O=C(O)C=CN1CCCc2ccccc2C1. The molecule has 0 fully saturated rings. The lowest BCUT2D eigenvalue weighted by atomic mass is 10.0. The zero-order chi connectivity index (χ0) is 11.4. The van der Waals surface area contributed by atoms with Gasteiger partial charge in [0.15, 0.2) is 0 Å². The topological polar surface area (TPSA) is 40.5 Å². The number of carbonyl (C=O) groups is 1. The summed E-state index contributed by atoms with van der Waals surface area (Å²) in [6, 6.07) is 8.35. The summed E-state index contributed by atoms with van der Waals surface area (Å²) in [7, 11) is 0. The molecule has 1 aromatic carbocycles. The van der Waals surface area contributed by atoms with Crippen molar-refractivity contribution in [3.05, 3.63) is 47.7 Å². The van der Waals surface area contributed by atoms with Gasteiger partial charge < -0.3 is 10.0 Å². The summed E-state index contributed by atoms with van der Waals surface area (Å²) in [5, 5.41) is 8.60. The predicted molar refractivity (Wildman–Crippen MR) is 61.9 cm³/mol. The molecule has 0 saturated carbocycles. The van der Waals surface area contributed by atoms with Crippen molar-refractivity contribution in [3.63, 3.8) is 0 Å². The summed E-state index contributed by atoms with van der Waals surface area (Å²) in [6.07, 6.45) is 5.02. The van der Waals surface area contributed by atoms with Gasteiger partial charge in [-0.25, -0.2) is 4.79 Å². The number of fused-ring (bicyclic) bond motifs is 1. The van der Waals surface area contributed by atoms with E-state index in [9.17, 15) is 4.79 Å². The minimum atomic E-state index is -0.891. The molecule has 0 aliphatic carbocycles. The van der Waals surface area contributed by atoms with Gasteiger partial charge in [-0.05, 0) is 24.0 Å². The molecule has 2 rings (SSSR count). The highest BCUT2D eigenvalue weighted by atomic mass is 16.4. The van der Waals surface area contributed by atoms with Crippen LogP contribution in [-0.4, -0.2) is 22.5 Å². The van der Waals surface area contributed by atoms with Gasteiger partial charge in [-0.3, -0.25) is 0 Å². The fraction of sp³-hybridized carbons (Fsp3) is 0.308. The maximum absolute atomic E-state index is 10.5. The van der Waals surface area contributed by atoms with Crippen LogP contribution in [0.2, 0.25) is 0 Å². The normalized spacial score (nSPS) is 15.9. The first kappa shape index (κ1) is 10.7. The standard InChI is InChI=1S/C13H15NO2/c15-13(16)7-9-14-8-3-6-11-4-1-2-5-12(11)10-14/h1-2,4-5,7,9H,3,6,8,10H2,(H,15,16). The Hall–Kier alpha value is -1.77. The first-order valence-corrected chi connectivity index (χ1v) is 5.47. The first-order chi connectivity index (χ1) is 7.75. The van der Waals surface area contributed by atoms with Crippen molar-refractivity contribution in [1.29, 1.82) is 0 Å². The molecule has 0 unspecified atom stereocenters. The Labute approximate surface area is 95.0 Å². The van der Waals surface area contributed by atoms with Crippen molar-refractivity contribution in [1.82, 2.24) is 4.90 Å². The Balaban J connectivity index is 2.13. The third-order valence-corrected chi connectivity index (χ3v) is 2.81. The molecule has 1 aromatic rings.